The van der Waals surface area contributed by atoms with Crippen molar-refractivity contribution in [3.63, 3.8) is 0 Å². The molecule has 0 saturated carbocycles. The SMILES string of the molecule is CC(=O)N1C=Cc2ccccc2C1CC(=O)Nc1cccc(-n2cnnn2)c1. The molecule has 2 aromatic carbocycles. The molecule has 0 saturated heterocycles. The lowest BCUT2D eigenvalue weighted by atomic mass is 9.93. The number of nitrogens with one attached hydrogen (secondary N) is 1. The summed E-state index contributed by atoms with van der Waals surface area (Å²) < 4.78 is 1.51. The maximum Gasteiger partial charge on any atom is 0.226 e. The molecule has 4 rings (SSSR count). The molecule has 0 aliphatic carbocycles. The fraction of sp³-hybridized carbons (Fsp3) is 0.150. The Hall–Kier alpha value is -3.81. The van der Waals surface area contributed by atoms with Crippen LogP contribution in [-0.4, -0.2) is 36.9 Å². The van der Waals surface area contributed by atoms with Gasteiger partial charge in [-0.25, -0.2) is 4.68 Å². The third-order valence-corrected chi connectivity index (χ3v) is 4.59. The predicted octanol–water partition coefficient (Wildman–Crippen LogP) is 2.57. The highest BCUT2D eigenvalue weighted by molar-refractivity contribution is 5.92. The molecule has 1 atom stereocenters. The summed E-state index contributed by atoms with van der Waals surface area (Å²) in [7, 11) is 0. The molecular formula is C20H18N6O2. The molecule has 1 N–H and O–H groups in total. The van der Waals surface area contributed by atoms with Gasteiger partial charge in [0.25, 0.3) is 0 Å². The van der Waals surface area contributed by atoms with Crippen LogP contribution < -0.4 is 5.32 Å². The number of tetrazole rings is 1. The minimum Gasteiger partial charge on any atom is -0.326 e. The molecule has 8 heteroatoms. The molecule has 1 aromatic heterocycles. The maximum atomic E-state index is 12.7. The average molecular weight is 374 g/mol. The summed E-state index contributed by atoms with van der Waals surface area (Å²) in [5.41, 5.74) is 3.34. The number of hydrogen-bond donors (Lipinski definition) is 1. The number of anilines is 1. The van der Waals surface area contributed by atoms with E-state index in [1.807, 2.05) is 42.5 Å². The van der Waals surface area contributed by atoms with Crippen LogP contribution >= 0.6 is 0 Å². The minimum absolute atomic E-state index is 0.107. The van der Waals surface area contributed by atoms with E-state index in [4.69, 9.17) is 0 Å². The first-order valence-electron chi connectivity index (χ1n) is 8.81. The van der Waals surface area contributed by atoms with E-state index in [1.54, 1.807) is 23.2 Å². The molecule has 1 aliphatic heterocycles. The van der Waals surface area contributed by atoms with Crippen molar-refractivity contribution < 1.29 is 9.59 Å². The number of fused-ring (bicyclic) bond motifs is 1. The van der Waals surface area contributed by atoms with Crippen molar-refractivity contribution in [3.05, 3.63) is 72.2 Å². The quantitative estimate of drug-likeness (QED) is 0.758. The highest BCUT2D eigenvalue weighted by Gasteiger charge is 2.28. The maximum absolute atomic E-state index is 12.7. The number of benzene rings is 2. The van der Waals surface area contributed by atoms with Crippen molar-refractivity contribution >= 4 is 23.6 Å². The summed E-state index contributed by atoms with van der Waals surface area (Å²) in [6, 6.07) is 14.7. The number of nitrogens with zero attached hydrogens (tertiary/aromatic N) is 5. The number of carbonyl (C=O) groups excluding carboxylic acids is 2. The van der Waals surface area contributed by atoms with Crippen molar-refractivity contribution in [2.45, 2.75) is 19.4 Å². The van der Waals surface area contributed by atoms with Crippen LogP contribution in [0.4, 0.5) is 5.69 Å². The van der Waals surface area contributed by atoms with Gasteiger partial charge in [0, 0.05) is 18.8 Å². The van der Waals surface area contributed by atoms with Gasteiger partial charge in [-0.2, -0.15) is 0 Å². The highest BCUT2D eigenvalue weighted by Crippen LogP contribution is 2.33. The zero-order valence-corrected chi connectivity index (χ0v) is 15.2. The lowest BCUT2D eigenvalue weighted by Gasteiger charge is -2.32. The van der Waals surface area contributed by atoms with Gasteiger partial charge in [-0.15, -0.1) is 5.10 Å². The van der Waals surface area contributed by atoms with Crippen LogP contribution in [0.25, 0.3) is 11.8 Å². The van der Waals surface area contributed by atoms with Gasteiger partial charge in [0.15, 0.2) is 0 Å². The Kier molecular flexibility index (Phi) is 4.67. The fourth-order valence-corrected chi connectivity index (χ4v) is 3.31. The van der Waals surface area contributed by atoms with Crippen molar-refractivity contribution in [1.82, 2.24) is 25.1 Å². The fourth-order valence-electron chi connectivity index (χ4n) is 3.31. The molecule has 2 amide bonds. The number of rotatable bonds is 4. The molecular weight excluding hydrogens is 356 g/mol. The van der Waals surface area contributed by atoms with Gasteiger partial charge < -0.3 is 10.2 Å². The average Bonchev–Trinajstić information content (AvgIpc) is 3.23. The van der Waals surface area contributed by atoms with Gasteiger partial charge >= 0.3 is 0 Å². The van der Waals surface area contributed by atoms with Crippen molar-refractivity contribution in [2.24, 2.45) is 0 Å². The second-order valence-electron chi connectivity index (χ2n) is 6.44. The van der Waals surface area contributed by atoms with E-state index in [2.05, 4.69) is 20.8 Å². The van der Waals surface area contributed by atoms with Crippen LogP contribution in [0.15, 0.2) is 61.1 Å². The smallest absolute Gasteiger partial charge is 0.226 e. The molecule has 8 nitrogen and oxygen atoms in total. The molecule has 1 unspecified atom stereocenters. The molecule has 2 heterocycles. The molecule has 0 bridgehead atoms. The van der Waals surface area contributed by atoms with Crippen LogP contribution in [-0.2, 0) is 9.59 Å². The van der Waals surface area contributed by atoms with Crippen molar-refractivity contribution in [3.8, 4) is 5.69 Å². The van der Waals surface area contributed by atoms with E-state index >= 15 is 0 Å². The van der Waals surface area contributed by atoms with Crippen LogP contribution in [0.3, 0.4) is 0 Å². The first-order valence-corrected chi connectivity index (χ1v) is 8.81. The van der Waals surface area contributed by atoms with Crippen LogP contribution in [0, 0.1) is 0 Å². The Bertz CT molecular complexity index is 1040. The first-order chi connectivity index (χ1) is 13.6. The number of aromatic nitrogens is 4. The van der Waals surface area contributed by atoms with Crippen LogP contribution in [0.5, 0.6) is 0 Å². The van der Waals surface area contributed by atoms with E-state index in [9.17, 15) is 9.59 Å². The molecule has 28 heavy (non-hydrogen) atoms. The lowest BCUT2D eigenvalue weighted by molar-refractivity contribution is -0.129. The molecule has 0 spiro atoms. The van der Waals surface area contributed by atoms with Gasteiger partial charge in [-0.05, 0) is 45.8 Å². The minimum atomic E-state index is -0.346. The van der Waals surface area contributed by atoms with Gasteiger partial charge in [0.1, 0.15) is 6.33 Å². The molecule has 1 aliphatic rings. The zero-order chi connectivity index (χ0) is 19.5. The van der Waals surface area contributed by atoms with E-state index in [0.717, 1.165) is 16.8 Å². The number of hydrogen-bond acceptors (Lipinski definition) is 5. The number of amides is 2. The third kappa shape index (κ3) is 3.52. The Labute approximate surface area is 161 Å². The largest absolute Gasteiger partial charge is 0.326 e. The molecule has 3 aromatic rings. The van der Waals surface area contributed by atoms with Crippen LogP contribution in [0.1, 0.15) is 30.5 Å². The predicted molar refractivity (Wildman–Crippen MR) is 103 cm³/mol. The second-order valence-corrected chi connectivity index (χ2v) is 6.44. The summed E-state index contributed by atoms with van der Waals surface area (Å²) in [5, 5.41) is 14.0. The van der Waals surface area contributed by atoms with Gasteiger partial charge in [-0.1, -0.05) is 30.3 Å². The lowest BCUT2D eigenvalue weighted by Crippen LogP contribution is -2.33. The molecule has 0 radical (unpaired) electrons. The normalized spacial score (nSPS) is 15.2. The summed E-state index contributed by atoms with van der Waals surface area (Å²) in [4.78, 5) is 26.4. The van der Waals surface area contributed by atoms with Crippen molar-refractivity contribution in [1.29, 1.82) is 0 Å². The Balaban J connectivity index is 1.53. The Morgan fingerprint density at radius 1 is 1.14 bits per heavy atom. The molecule has 140 valence electrons. The van der Waals surface area contributed by atoms with E-state index < -0.39 is 0 Å². The van der Waals surface area contributed by atoms with Gasteiger partial charge in [-0.3, -0.25) is 9.59 Å². The van der Waals surface area contributed by atoms with E-state index in [-0.39, 0.29) is 24.3 Å². The van der Waals surface area contributed by atoms with Crippen molar-refractivity contribution in [2.75, 3.05) is 5.32 Å². The van der Waals surface area contributed by atoms with E-state index in [1.165, 1.54) is 17.9 Å². The van der Waals surface area contributed by atoms with Gasteiger partial charge in [0.05, 0.1) is 18.2 Å². The number of carbonyl (C=O) groups is 2. The summed E-state index contributed by atoms with van der Waals surface area (Å²) in [6.45, 7) is 1.50. The standard InChI is InChI=1S/C20H18N6O2/c1-14(27)25-10-9-15-5-2-3-8-18(15)19(25)12-20(28)22-16-6-4-7-17(11-16)26-13-21-23-24-26/h2-11,13,19H,12H2,1H3,(H,22,28). The Morgan fingerprint density at radius 3 is 2.79 bits per heavy atom. The second kappa shape index (κ2) is 7.43. The van der Waals surface area contributed by atoms with E-state index in [0.29, 0.717) is 5.69 Å². The summed E-state index contributed by atoms with van der Waals surface area (Å²) >= 11 is 0. The van der Waals surface area contributed by atoms with Crippen LogP contribution in [0.2, 0.25) is 0 Å². The summed E-state index contributed by atoms with van der Waals surface area (Å²) in [6.07, 6.45) is 5.26. The zero-order valence-electron chi connectivity index (χ0n) is 15.2. The monoisotopic (exact) mass is 374 g/mol. The topological polar surface area (TPSA) is 93.0 Å². The molecule has 0 fully saturated rings. The highest BCUT2D eigenvalue weighted by atomic mass is 16.2. The van der Waals surface area contributed by atoms with Gasteiger partial charge in [0.2, 0.25) is 11.8 Å². The Morgan fingerprint density at radius 2 is 2.00 bits per heavy atom. The first kappa shape index (κ1) is 17.6. The summed E-state index contributed by atoms with van der Waals surface area (Å²) in [5.74, 6) is -0.292. The third-order valence-electron chi connectivity index (χ3n) is 4.59.